The third kappa shape index (κ3) is 5.36. The van der Waals surface area contributed by atoms with E-state index in [1.165, 1.54) is 11.6 Å². The Morgan fingerprint density at radius 1 is 1.07 bits per heavy atom. The van der Waals surface area contributed by atoms with Gasteiger partial charge in [0.05, 0.1) is 0 Å². The molecule has 1 aromatic carbocycles. The fraction of sp³-hybridized carbons (Fsp3) is 0.227. The van der Waals surface area contributed by atoms with Crippen LogP contribution in [0.4, 0.5) is 10.2 Å². The molecule has 0 spiro atoms. The molecule has 0 radical (unpaired) electrons. The molecule has 0 saturated heterocycles. The second kappa shape index (κ2) is 9.60. The summed E-state index contributed by atoms with van der Waals surface area (Å²) in [6.45, 7) is 1.14. The third-order valence-corrected chi connectivity index (χ3v) is 4.52. The first kappa shape index (κ1) is 19.5. The van der Waals surface area contributed by atoms with Gasteiger partial charge < -0.3 is 10.2 Å². The van der Waals surface area contributed by atoms with E-state index in [1.807, 2.05) is 24.1 Å². The summed E-state index contributed by atoms with van der Waals surface area (Å²) in [5, 5.41) is 2.84. The highest BCUT2D eigenvalue weighted by Crippen LogP contribution is 2.12. The average molecular weight is 378 g/mol. The maximum Gasteiger partial charge on any atom is 0.251 e. The maximum absolute atomic E-state index is 13.6. The molecular formula is C22H23FN4O. The van der Waals surface area contributed by atoms with E-state index >= 15 is 0 Å². The van der Waals surface area contributed by atoms with Crippen LogP contribution >= 0.6 is 0 Å². The minimum Gasteiger partial charge on any atom is -0.359 e. The zero-order valence-electron chi connectivity index (χ0n) is 15.8. The number of pyridine rings is 2. The van der Waals surface area contributed by atoms with Gasteiger partial charge in [-0.1, -0.05) is 18.2 Å². The largest absolute Gasteiger partial charge is 0.359 e. The molecule has 0 aliphatic carbocycles. The molecule has 0 atom stereocenters. The van der Waals surface area contributed by atoms with E-state index in [-0.39, 0.29) is 11.7 Å². The van der Waals surface area contributed by atoms with E-state index in [0.717, 1.165) is 18.8 Å². The molecule has 0 saturated carbocycles. The van der Waals surface area contributed by atoms with Gasteiger partial charge in [0.1, 0.15) is 11.6 Å². The van der Waals surface area contributed by atoms with Gasteiger partial charge in [0.2, 0.25) is 0 Å². The quantitative estimate of drug-likeness (QED) is 0.654. The van der Waals surface area contributed by atoms with Crippen molar-refractivity contribution in [2.24, 2.45) is 0 Å². The summed E-state index contributed by atoms with van der Waals surface area (Å²) in [6, 6.07) is 14.0. The molecule has 0 aliphatic heterocycles. The highest BCUT2D eigenvalue weighted by Gasteiger charge is 2.10. The number of likely N-dealkylation sites (N-methyl/N-ethyl adjacent to an activating group) is 1. The van der Waals surface area contributed by atoms with Crippen LogP contribution in [0.1, 0.15) is 21.5 Å². The van der Waals surface area contributed by atoms with Crippen molar-refractivity contribution in [3.8, 4) is 0 Å². The summed E-state index contributed by atoms with van der Waals surface area (Å²) in [5.41, 5.74) is 2.33. The van der Waals surface area contributed by atoms with Crippen molar-refractivity contribution in [2.75, 3.05) is 25.0 Å². The zero-order chi connectivity index (χ0) is 19.8. The molecular weight excluding hydrogens is 355 g/mol. The van der Waals surface area contributed by atoms with E-state index in [0.29, 0.717) is 24.1 Å². The van der Waals surface area contributed by atoms with Crippen LogP contribution in [0, 0.1) is 5.82 Å². The van der Waals surface area contributed by atoms with Crippen LogP contribution in [0.2, 0.25) is 0 Å². The Kier molecular flexibility index (Phi) is 6.68. The lowest BCUT2D eigenvalue weighted by Crippen LogP contribution is -2.27. The van der Waals surface area contributed by atoms with Crippen LogP contribution in [0.25, 0.3) is 0 Å². The molecule has 0 aliphatic rings. The first-order valence-electron chi connectivity index (χ1n) is 9.21. The second-order valence-electron chi connectivity index (χ2n) is 6.53. The van der Waals surface area contributed by atoms with Gasteiger partial charge in [-0.25, -0.2) is 9.37 Å². The lowest BCUT2D eigenvalue weighted by molar-refractivity contribution is 0.0954. The molecule has 28 heavy (non-hydrogen) atoms. The first-order valence-corrected chi connectivity index (χ1v) is 9.21. The standard InChI is InChI=1S/C22H23FN4O/c1-27(15-10-17-6-11-24-12-7-17)21-16-19(9-13-25-21)22(28)26-14-8-18-4-2-3-5-20(18)23/h2-7,9,11-13,16H,8,10,14-15H2,1H3,(H,26,28). The molecule has 6 heteroatoms. The number of carbonyl (C=O) groups is 1. The van der Waals surface area contributed by atoms with Gasteiger partial charge >= 0.3 is 0 Å². The topological polar surface area (TPSA) is 58.1 Å². The number of nitrogens with zero attached hydrogens (tertiary/aromatic N) is 3. The van der Waals surface area contributed by atoms with Crippen LogP contribution in [-0.2, 0) is 12.8 Å². The lowest BCUT2D eigenvalue weighted by atomic mass is 10.1. The number of amides is 1. The van der Waals surface area contributed by atoms with Gasteiger partial charge in [0.15, 0.2) is 0 Å². The molecule has 144 valence electrons. The number of halogens is 1. The fourth-order valence-corrected chi connectivity index (χ4v) is 2.84. The smallest absolute Gasteiger partial charge is 0.251 e. The third-order valence-electron chi connectivity index (χ3n) is 4.52. The van der Waals surface area contributed by atoms with Crippen molar-refractivity contribution >= 4 is 11.7 Å². The molecule has 0 unspecified atom stereocenters. The van der Waals surface area contributed by atoms with Gasteiger partial charge in [0, 0.05) is 44.3 Å². The SMILES string of the molecule is CN(CCc1ccncc1)c1cc(C(=O)NCCc2ccccc2F)ccn1. The Morgan fingerprint density at radius 3 is 2.64 bits per heavy atom. The lowest BCUT2D eigenvalue weighted by Gasteiger charge is -2.18. The number of aromatic nitrogens is 2. The molecule has 1 amide bonds. The number of carbonyl (C=O) groups excluding carboxylic acids is 1. The zero-order valence-corrected chi connectivity index (χ0v) is 15.8. The number of rotatable bonds is 8. The van der Waals surface area contributed by atoms with Gasteiger partial charge in [-0.15, -0.1) is 0 Å². The van der Waals surface area contributed by atoms with Crippen molar-refractivity contribution in [3.05, 3.63) is 89.6 Å². The average Bonchev–Trinajstić information content (AvgIpc) is 2.74. The molecule has 5 nitrogen and oxygen atoms in total. The molecule has 3 rings (SSSR count). The Hall–Kier alpha value is -3.28. The Bertz CT molecular complexity index is 917. The minimum atomic E-state index is -0.251. The number of nitrogens with one attached hydrogen (secondary N) is 1. The number of hydrogen-bond donors (Lipinski definition) is 1. The predicted octanol–water partition coefficient (Wildman–Crippen LogP) is 3.27. The fourth-order valence-electron chi connectivity index (χ4n) is 2.84. The van der Waals surface area contributed by atoms with Gasteiger partial charge in [-0.2, -0.15) is 0 Å². The van der Waals surface area contributed by atoms with Gasteiger partial charge in [-0.05, 0) is 54.3 Å². The molecule has 0 bridgehead atoms. The summed E-state index contributed by atoms with van der Waals surface area (Å²) >= 11 is 0. The van der Waals surface area contributed by atoms with E-state index in [1.54, 1.807) is 48.9 Å². The van der Waals surface area contributed by atoms with Crippen molar-refractivity contribution < 1.29 is 9.18 Å². The Morgan fingerprint density at radius 2 is 1.86 bits per heavy atom. The van der Waals surface area contributed by atoms with Crippen molar-refractivity contribution in [1.82, 2.24) is 15.3 Å². The van der Waals surface area contributed by atoms with Crippen LogP contribution in [0.3, 0.4) is 0 Å². The number of benzene rings is 1. The van der Waals surface area contributed by atoms with Crippen LogP contribution in [0.5, 0.6) is 0 Å². The second-order valence-corrected chi connectivity index (χ2v) is 6.53. The number of anilines is 1. The van der Waals surface area contributed by atoms with Gasteiger partial charge in [0.25, 0.3) is 5.91 Å². The molecule has 2 heterocycles. The van der Waals surface area contributed by atoms with Crippen LogP contribution in [0.15, 0.2) is 67.1 Å². The van der Waals surface area contributed by atoms with E-state index < -0.39 is 0 Å². The summed E-state index contributed by atoms with van der Waals surface area (Å²) in [5.74, 6) is 0.289. The summed E-state index contributed by atoms with van der Waals surface area (Å²) < 4.78 is 13.6. The normalized spacial score (nSPS) is 10.5. The number of hydrogen-bond acceptors (Lipinski definition) is 4. The van der Waals surface area contributed by atoms with Crippen LogP contribution < -0.4 is 10.2 Å². The van der Waals surface area contributed by atoms with E-state index in [2.05, 4.69) is 15.3 Å². The van der Waals surface area contributed by atoms with Crippen molar-refractivity contribution in [1.29, 1.82) is 0 Å². The summed E-state index contributed by atoms with van der Waals surface area (Å²) in [4.78, 5) is 22.8. The van der Waals surface area contributed by atoms with Crippen molar-refractivity contribution in [3.63, 3.8) is 0 Å². The minimum absolute atomic E-state index is 0.192. The molecule has 3 aromatic rings. The molecule has 0 fully saturated rings. The Balaban J connectivity index is 1.54. The first-order chi connectivity index (χ1) is 13.6. The summed E-state index contributed by atoms with van der Waals surface area (Å²) in [7, 11) is 1.95. The molecule has 2 aromatic heterocycles. The monoisotopic (exact) mass is 378 g/mol. The maximum atomic E-state index is 13.6. The highest BCUT2D eigenvalue weighted by atomic mass is 19.1. The molecule has 1 N–H and O–H groups in total. The Labute approximate surface area is 164 Å². The van der Waals surface area contributed by atoms with Crippen LogP contribution in [-0.4, -0.2) is 36.0 Å². The highest BCUT2D eigenvalue weighted by molar-refractivity contribution is 5.94. The van der Waals surface area contributed by atoms with E-state index in [9.17, 15) is 9.18 Å². The van der Waals surface area contributed by atoms with Gasteiger partial charge in [-0.3, -0.25) is 9.78 Å². The predicted molar refractivity (Wildman–Crippen MR) is 108 cm³/mol. The van der Waals surface area contributed by atoms with Crippen molar-refractivity contribution in [2.45, 2.75) is 12.8 Å². The summed E-state index contributed by atoms with van der Waals surface area (Å²) in [6.07, 6.45) is 6.49. The van der Waals surface area contributed by atoms with E-state index in [4.69, 9.17) is 0 Å².